The molecule has 1 aromatic rings. The van der Waals surface area contributed by atoms with Crippen molar-refractivity contribution >= 4 is 11.8 Å². The molecule has 2 amide bonds. The average Bonchev–Trinajstić information content (AvgIpc) is 3.02. The van der Waals surface area contributed by atoms with Gasteiger partial charge in [0.1, 0.15) is 5.69 Å². The summed E-state index contributed by atoms with van der Waals surface area (Å²) in [6.07, 6.45) is 6.93. The van der Waals surface area contributed by atoms with E-state index in [1.54, 1.807) is 0 Å². The van der Waals surface area contributed by atoms with Crippen molar-refractivity contribution in [3.8, 4) is 0 Å². The Balaban J connectivity index is 2.04. The third-order valence-electron chi connectivity index (χ3n) is 4.67. The minimum Gasteiger partial charge on any atom is -0.351 e. The highest BCUT2D eigenvalue weighted by atomic mass is 16.2. The van der Waals surface area contributed by atoms with E-state index in [9.17, 15) is 9.59 Å². The highest BCUT2D eigenvalue weighted by molar-refractivity contribution is 5.97. The molecule has 0 bridgehead atoms. The molecule has 0 atom stereocenters. The molecule has 2 N–H and O–H groups in total. The molecule has 0 saturated heterocycles. The summed E-state index contributed by atoms with van der Waals surface area (Å²) in [7, 11) is 4.02. The Hall–Kier alpha value is -1.89. The lowest BCUT2D eigenvalue weighted by atomic mass is 10.1. The summed E-state index contributed by atoms with van der Waals surface area (Å²) < 4.78 is 1.94. The van der Waals surface area contributed by atoms with Crippen LogP contribution in [-0.4, -0.2) is 60.0 Å². The van der Waals surface area contributed by atoms with Crippen molar-refractivity contribution in [3.63, 3.8) is 0 Å². The van der Waals surface area contributed by atoms with Gasteiger partial charge >= 0.3 is 0 Å². The molecule has 1 aliphatic rings. The summed E-state index contributed by atoms with van der Waals surface area (Å²) in [5.41, 5.74) is 1.34. The quantitative estimate of drug-likeness (QED) is 0.622. The third kappa shape index (κ3) is 5.56. The molecule has 0 aromatic carbocycles. The Morgan fingerprint density at radius 2 is 1.81 bits per heavy atom. The normalized spacial score (nSPS) is 13.5. The number of fused-ring (bicyclic) bond motifs is 1. The van der Waals surface area contributed by atoms with Gasteiger partial charge in [-0.25, -0.2) is 4.98 Å². The zero-order valence-corrected chi connectivity index (χ0v) is 16.4. The Morgan fingerprint density at radius 1 is 1.08 bits per heavy atom. The largest absolute Gasteiger partial charge is 0.351 e. The molecule has 1 aliphatic heterocycles. The van der Waals surface area contributed by atoms with Crippen LogP contribution < -0.4 is 10.6 Å². The van der Waals surface area contributed by atoms with Gasteiger partial charge in [-0.1, -0.05) is 19.8 Å². The lowest BCUT2D eigenvalue weighted by Gasteiger charge is -2.17. The smallest absolute Gasteiger partial charge is 0.287 e. The van der Waals surface area contributed by atoms with Crippen LogP contribution in [0.25, 0.3) is 0 Å². The lowest BCUT2D eigenvalue weighted by molar-refractivity contribution is 0.0936. The first-order chi connectivity index (χ1) is 12.5. The van der Waals surface area contributed by atoms with Crippen molar-refractivity contribution in [3.05, 3.63) is 17.2 Å². The van der Waals surface area contributed by atoms with Gasteiger partial charge in [-0.2, -0.15) is 0 Å². The van der Waals surface area contributed by atoms with Crippen molar-refractivity contribution in [2.45, 2.75) is 58.4 Å². The number of aromatic nitrogens is 2. The molecule has 0 unspecified atom stereocenters. The number of amides is 2. The number of imidazole rings is 1. The third-order valence-corrected chi connectivity index (χ3v) is 4.67. The predicted molar refractivity (Wildman–Crippen MR) is 103 cm³/mol. The van der Waals surface area contributed by atoms with Crippen LogP contribution in [0.15, 0.2) is 0 Å². The molecular weight excluding hydrogens is 330 g/mol. The number of carbonyl (C=O) groups excluding carboxylic acids is 2. The van der Waals surface area contributed by atoms with Gasteiger partial charge < -0.3 is 20.1 Å². The van der Waals surface area contributed by atoms with Crippen LogP contribution in [-0.2, 0) is 13.0 Å². The van der Waals surface area contributed by atoms with Crippen LogP contribution in [0.1, 0.15) is 72.3 Å². The maximum absolute atomic E-state index is 12.6. The average molecular weight is 364 g/mol. The summed E-state index contributed by atoms with van der Waals surface area (Å²) in [5, 5.41) is 5.88. The van der Waals surface area contributed by atoms with Crippen LogP contribution >= 0.6 is 0 Å². The molecule has 0 fully saturated rings. The fraction of sp³-hybridized carbons (Fsp3) is 0.737. The van der Waals surface area contributed by atoms with Gasteiger partial charge in [-0.05, 0) is 52.7 Å². The van der Waals surface area contributed by atoms with Crippen LogP contribution in [0.5, 0.6) is 0 Å². The zero-order valence-electron chi connectivity index (χ0n) is 16.4. The Kier molecular flexibility index (Phi) is 8.09. The van der Waals surface area contributed by atoms with Crippen molar-refractivity contribution in [1.29, 1.82) is 0 Å². The van der Waals surface area contributed by atoms with E-state index >= 15 is 0 Å². The monoisotopic (exact) mass is 363 g/mol. The molecular formula is C19H33N5O2. The summed E-state index contributed by atoms with van der Waals surface area (Å²) in [5.74, 6) is 0.0404. The van der Waals surface area contributed by atoms with E-state index in [-0.39, 0.29) is 11.8 Å². The van der Waals surface area contributed by atoms with E-state index in [1.807, 2.05) is 18.7 Å². The van der Waals surface area contributed by atoms with Crippen molar-refractivity contribution in [2.75, 3.05) is 33.7 Å². The highest BCUT2D eigenvalue weighted by Gasteiger charge is 2.27. The second-order valence-electron chi connectivity index (χ2n) is 7.22. The van der Waals surface area contributed by atoms with Gasteiger partial charge in [0.25, 0.3) is 11.8 Å². The molecule has 0 aliphatic carbocycles. The molecule has 0 spiro atoms. The number of hydrogen-bond donors (Lipinski definition) is 2. The molecule has 2 rings (SSSR count). The van der Waals surface area contributed by atoms with Gasteiger partial charge in [-0.3, -0.25) is 9.59 Å². The summed E-state index contributed by atoms with van der Waals surface area (Å²) in [6.45, 7) is 5.08. The maximum Gasteiger partial charge on any atom is 0.287 e. The van der Waals surface area contributed by atoms with Gasteiger partial charge in [0.2, 0.25) is 0 Å². The first-order valence-corrected chi connectivity index (χ1v) is 9.85. The number of nitrogens with one attached hydrogen (secondary N) is 2. The fourth-order valence-electron chi connectivity index (χ4n) is 3.24. The fourth-order valence-corrected chi connectivity index (χ4v) is 3.24. The maximum atomic E-state index is 12.6. The van der Waals surface area contributed by atoms with Gasteiger partial charge in [0, 0.05) is 19.6 Å². The molecule has 26 heavy (non-hydrogen) atoms. The minimum absolute atomic E-state index is 0.154. The van der Waals surface area contributed by atoms with Crippen LogP contribution in [0.2, 0.25) is 0 Å². The predicted octanol–water partition coefficient (Wildman–Crippen LogP) is 1.82. The minimum atomic E-state index is -0.183. The van der Waals surface area contributed by atoms with Crippen LogP contribution in [0.4, 0.5) is 0 Å². The molecule has 0 saturated carbocycles. The van der Waals surface area contributed by atoms with Gasteiger partial charge in [-0.15, -0.1) is 0 Å². The number of rotatable bonds is 10. The summed E-state index contributed by atoms with van der Waals surface area (Å²) >= 11 is 0. The first-order valence-electron chi connectivity index (χ1n) is 9.85. The molecule has 146 valence electrons. The highest BCUT2D eigenvalue weighted by Crippen LogP contribution is 2.21. The lowest BCUT2D eigenvalue weighted by Crippen LogP contribution is -2.30. The van der Waals surface area contributed by atoms with E-state index in [2.05, 4.69) is 27.4 Å². The van der Waals surface area contributed by atoms with Crippen molar-refractivity contribution in [1.82, 2.24) is 25.1 Å². The summed E-state index contributed by atoms with van der Waals surface area (Å²) in [4.78, 5) is 31.6. The molecule has 0 radical (unpaired) electrons. The molecule has 7 nitrogen and oxygen atoms in total. The van der Waals surface area contributed by atoms with Crippen molar-refractivity contribution in [2.24, 2.45) is 0 Å². The van der Waals surface area contributed by atoms with Crippen molar-refractivity contribution < 1.29 is 9.59 Å². The Bertz CT molecular complexity index is 609. The standard InChI is InChI=1S/C19H33N5O2/c1-4-5-7-11-20-18(25)16-15-10-6-8-14-24(15)17(22-16)19(26)21-12-9-13-23(2)3/h4-14H2,1-3H3,(H,20,25)(H,21,26). The van der Waals surface area contributed by atoms with E-state index in [1.165, 1.54) is 0 Å². The number of carbonyl (C=O) groups is 2. The van der Waals surface area contributed by atoms with E-state index in [4.69, 9.17) is 0 Å². The van der Waals surface area contributed by atoms with Crippen LogP contribution in [0, 0.1) is 0 Å². The topological polar surface area (TPSA) is 79.3 Å². The second kappa shape index (κ2) is 10.3. The molecule has 2 heterocycles. The van der Waals surface area contributed by atoms with Gasteiger partial charge in [0.15, 0.2) is 5.82 Å². The van der Waals surface area contributed by atoms with E-state index in [0.29, 0.717) is 24.6 Å². The SMILES string of the molecule is CCCCCNC(=O)c1nc(C(=O)NCCCN(C)C)n2c1CCCC2. The van der Waals surface area contributed by atoms with Gasteiger partial charge in [0.05, 0.1) is 5.69 Å². The second-order valence-corrected chi connectivity index (χ2v) is 7.22. The van der Waals surface area contributed by atoms with Crippen LogP contribution in [0.3, 0.4) is 0 Å². The van der Waals surface area contributed by atoms with E-state index < -0.39 is 0 Å². The first kappa shape index (κ1) is 20.4. The molecule has 7 heteroatoms. The Morgan fingerprint density at radius 3 is 2.54 bits per heavy atom. The number of unbranched alkanes of at least 4 members (excludes halogenated alkanes) is 2. The number of nitrogens with zero attached hydrogens (tertiary/aromatic N) is 3. The molecule has 1 aromatic heterocycles. The zero-order chi connectivity index (χ0) is 18.9. The number of hydrogen-bond acceptors (Lipinski definition) is 4. The van der Waals surface area contributed by atoms with E-state index in [0.717, 1.165) is 63.7 Å². The summed E-state index contributed by atoms with van der Waals surface area (Å²) in [6, 6.07) is 0. The Labute approximate surface area is 156 Å².